The fourth-order valence-electron chi connectivity index (χ4n) is 2.24. The van der Waals surface area contributed by atoms with E-state index in [0.717, 1.165) is 0 Å². The Morgan fingerprint density at radius 2 is 1.72 bits per heavy atom. The Morgan fingerprint density at radius 3 is 2.32 bits per heavy atom. The summed E-state index contributed by atoms with van der Waals surface area (Å²) < 4.78 is 10.2. The molecule has 0 radical (unpaired) electrons. The van der Waals surface area contributed by atoms with Gasteiger partial charge in [-0.15, -0.1) is 0 Å². The number of anilines is 1. The number of hydrogen-bond donors (Lipinski definition) is 1. The molecule has 1 N–H and O–H groups in total. The standard InChI is InChI=1S/C20H23NO4/c1-20(2,3)15-8-10-17(11-9-15)25-13-18(22)21-16-7-5-6-14(12-16)19(23)24-4/h5-12H,13H2,1-4H3,(H,21,22). The van der Waals surface area contributed by atoms with Gasteiger partial charge in [-0.1, -0.05) is 39.0 Å². The molecule has 5 heteroatoms. The molecule has 132 valence electrons. The molecule has 0 unspecified atom stereocenters. The highest BCUT2D eigenvalue weighted by Gasteiger charge is 2.13. The second-order valence-corrected chi connectivity index (χ2v) is 6.68. The summed E-state index contributed by atoms with van der Waals surface area (Å²) in [7, 11) is 1.31. The Balaban J connectivity index is 1.92. The first kappa shape index (κ1) is 18.5. The highest BCUT2D eigenvalue weighted by atomic mass is 16.5. The predicted molar refractivity (Wildman–Crippen MR) is 97.0 cm³/mol. The summed E-state index contributed by atoms with van der Waals surface area (Å²) in [6.07, 6.45) is 0. The van der Waals surface area contributed by atoms with Crippen LogP contribution in [0.3, 0.4) is 0 Å². The molecule has 0 aliphatic carbocycles. The van der Waals surface area contributed by atoms with E-state index < -0.39 is 5.97 Å². The van der Waals surface area contributed by atoms with Crippen LogP contribution in [0.1, 0.15) is 36.7 Å². The van der Waals surface area contributed by atoms with E-state index in [9.17, 15) is 9.59 Å². The minimum atomic E-state index is -0.453. The number of benzene rings is 2. The van der Waals surface area contributed by atoms with Crippen molar-refractivity contribution in [2.24, 2.45) is 0 Å². The van der Waals surface area contributed by atoms with Crippen LogP contribution in [0.2, 0.25) is 0 Å². The molecule has 0 saturated heterocycles. The van der Waals surface area contributed by atoms with Gasteiger partial charge in [0.2, 0.25) is 0 Å². The summed E-state index contributed by atoms with van der Waals surface area (Å²) >= 11 is 0. The van der Waals surface area contributed by atoms with Gasteiger partial charge in [-0.25, -0.2) is 4.79 Å². The zero-order valence-corrected chi connectivity index (χ0v) is 15.0. The van der Waals surface area contributed by atoms with Crippen molar-refractivity contribution in [1.29, 1.82) is 0 Å². The highest BCUT2D eigenvalue weighted by Crippen LogP contribution is 2.24. The maximum absolute atomic E-state index is 12.0. The molecule has 1 amide bonds. The second kappa shape index (κ2) is 7.83. The molecule has 2 rings (SSSR count). The lowest BCUT2D eigenvalue weighted by atomic mass is 9.87. The van der Waals surface area contributed by atoms with Crippen molar-refractivity contribution in [1.82, 2.24) is 0 Å². The molecule has 0 aromatic heterocycles. The van der Waals surface area contributed by atoms with Gasteiger partial charge in [-0.05, 0) is 41.3 Å². The third-order valence-electron chi connectivity index (χ3n) is 3.66. The van der Waals surface area contributed by atoms with Gasteiger partial charge in [0.1, 0.15) is 5.75 Å². The van der Waals surface area contributed by atoms with Gasteiger partial charge in [0, 0.05) is 5.69 Å². The van der Waals surface area contributed by atoms with Crippen LogP contribution < -0.4 is 10.1 Å². The summed E-state index contributed by atoms with van der Waals surface area (Å²) in [5, 5.41) is 2.70. The van der Waals surface area contributed by atoms with E-state index in [4.69, 9.17) is 4.74 Å². The average molecular weight is 341 g/mol. The molecule has 2 aromatic carbocycles. The molecular weight excluding hydrogens is 318 g/mol. The molecule has 0 fully saturated rings. The van der Waals surface area contributed by atoms with E-state index in [0.29, 0.717) is 17.0 Å². The van der Waals surface area contributed by atoms with Crippen molar-refractivity contribution in [3.8, 4) is 5.75 Å². The molecular formula is C20H23NO4. The van der Waals surface area contributed by atoms with Crippen LogP contribution in [0, 0.1) is 0 Å². The number of nitrogens with one attached hydrogen (secondary N) is 1. The number of carbonyl (C=O) groups is 2. The topological polar surface area (TPSA) is 64.6 Å². The van der Waals surface area contributed by atoms with Crippen LogP contribution in [0.4, 0.5) is 5.69 Å². The number of esters is 1. The number of methoxy groups -OCH3 is 1. The molecule has 0 spiro atoms. The Bertz CT molecular complexity index is 745. The monoisotopic (exact) mass is 341 g/mol. The Hall–Kier alpha value is -2.82. The summed E-state index contributed by atoms with van der Waals surface area (Å²) in [6.45, 7) is 6.30. The first-order valence-corrected chi connectivity index (χ1v) is 8.01. The van der Waals surface area contributed by atoms with Gasteiger partial charge >= 0.3 is 5.97 Å². The number of ether oxygens (including phenoxy) is 2. The van der Waals surface area contributed by atoms with Crippen molar-refractivity contribution in [2.45, 2.75) is 26.2 Å². The van der Waals surface area contributed by atoms with Gasteiger partial charge in [-0.2, -0.15) is 0 Å². The van der Waals surface area contributed by atoms with Gasteiger partial charge in [0.05, 0.1) is 12.7 Å². The third kappa shape index (κ3) is 5.35. The molecule has 0 aliphatic heterocycles. The van der Waals surface area contributed by atoms with Crippen LogP contribution in [-0.4, -0.2) is 25.6 Å². The largest absolute Gasteiger partial charge is 0.484 e. The molecule has 0 heterocycles. The van der Waals surface area contributed by atoms with Crippen LogP contribution in [-0.2, 0) is 14.9 Å². The van der Waals surface area contributed by atoms with Crippen molar-refractivity contribution in [3.05, 3.63) is 59.7 Å². The number of rotatable bonds is 5. The maximum Gasteiger partial charge on any atom is 0.337 e. The molecule has 0 aliphatic rings. The smallest absolute Gasteiger partial charge is 0.337 e. The zero-order valence-electron chi connectivity index (χ0n) is 15.0. The lowest BCUT2D eigenvalue weighted by molar-refractivity contribution is -0.118. The number of carbonyl (C=O) groups excluding carboxylic acids is 2. The first-order chi connectivity index (χ1) is 11.8. The van der Waals surface area contributed by atoms with E-state index in [2.05, 4.69) is 30.8 Å². The summed E-state index contributed by atoms with van der Waals surface area (Å²) in [5.74, 6) is -0.125. The Labute approximate surface area is 148 Å². The molecule has 5 nitrogen and oxygen atoms in total. The molecule has 0 atom stereocenters. The van der Waals surface area contributed by atoms with Gasteiger partial charge in [0.15, 0.2) is 6.61 Å². The molecule has 25 heavy (non-hydrogen) atoms. The van der Waals surface area contributed by atoms with Crippen molar-refractivity contribution >= 4 is 17.6 Å². The summed E-state index contributed by atoms with van der Waals surface area (Å²) in [5.41, 5.74) is 2.16. The lowest BCUT2D eigenvalue weighted by Crippen LogP contribution is -2.20. The Kier molecular flexibility index (Phi) is 5.80. The lowest BCUT2D eigenvalue weighted by Gasteiger charge is -2.19. The maximum atomic E-state index is 12.0. The highest BCUT2D eigenvalue weighted by molar-refractivity contribution is 5.95. The SMILES string of the molecule is COC(=O)c1cccc(NC(=O)COc2ccc(C(C)(C)C)cc2)c1. The van der Waals surface area contributed by atoms with Crippen LogP contribution in [0.15, 0.2) is 48.5 Å². The third-order valence-corrected chi connectivity index (χ3v) is 3.66. The van der Waals surface area contributed by atoms with Crippen LogP contribution in [0.5, 0.6) is 5.75 Å². The van der Waals surface area contributed by atoms with E-state index in [1.165, 1.54) is 12.7 Å². The minimum absolute atomic E-state index is 0.0700. The number of amides is 1. The van der Waals surface area contributed by atoms with E-state index in [1.807, 2.05) is 24.3 Å². The summed E-state index contributed by atoms with van der Waals surface area (Å²) in [4.78, 5) is 23.5. The fraction of sp³-hybridized carbons (Fsp3) is 0.300. The van der Waals surface area contributed by atoms with Gasteiger partial charge in [0.25, 0.3) is 5.91 Å². The van der Waals surface area contributed by atoms with Crippen molar-refractivity contribution in [2.75, 3.05) is 19.0 Å². The molecule has 0 bridgehead atoms. The second-order valence-electron chi connectivity index (χ2n) is 6.68. The van der Waals surface area contributed by atoms with Gasteiger partial charge < -0.3 is 14.8 Å². The normalized spacial score (nSPS) is 10.9. The van der Waals surface area contributed by atoms with Crippen LogP contribution in [0.25, 0.3) is 0 Å². The molecule has 2 aromatic rings. The summed E-state index contributed by atoms with van der Waals surface area (Å²) in [6, 6.07) is 14.2. The van der Waals surface area contributed by atoms with Crippen molar-refractivity contribution in [3.63, 3.8) is 0 Å². The van der Waals surface area contributed by atoms with Crippen LogP contribution >= 0.6 is 0 Å². The van der Waals surface area contributed by atoms with Crippen molar-refractivity contribution < 1.29 is 19.1 Å². The quantitative estimate of drug-likeness (QED) is 0.841. The van der Waals surface area contributed by atoms with E-state index >= 15 is 0 Å². The molecule has 0 saturated carbocycles. The fourth-order valence-corrected chi connectivity index (χ4v) is 2.24. The first-order valence-electron chi connectivity index (χ1n) is 8.01. The van der Waals surface area contributed by atoms with Gasteiger partial charge in [-0.3, -0.25) is 4.79 Å². The zero-order chi connectivity index (χ0) is 18.4. The predicted octanol–water partition coefficient (Wildman–Crippen LogP) is 3.79. The number of hydrogen-bond acceptors (Lipinski definition) is 4. The average Bonchev–Trinajstić information content (AvgIpc) is 2.59. The van der Waals surface area contributed by atoms with E-state index in [1.54, 1.807) is 24.3 Å². The minimum Gasteiger partial charge on any atom is -0.484 e. The van der Waals surface area contributed by atoms with E-state index in [-0.39, 0.29) is 17.9 Å². The Morgan fingerprint density at radius 1 is 1.04 bits per heavy atom.